The Bertz CT molecular complexity index is 1740. The van der Waals surface area contributed by atoms with Crippen molar-refractivity contribution in [2.45, 2.75) is 18.6 Å². The number of esters is 1. The van der Waals surface area contributed by atoms with Crippen LogP contribution in [0.4, 0.5) is 5.00 Å². The van der Waals surface area contributed by atoms with E-state index in [1.807, 2.05) is 71.4 Å². The number of aromatic nitrogens is 2. The smallest absolute Gasteiger partial charge is 0.341 e. The number of amides is 1. The molecule has 0 bridgehead atoms. The SMILES string of the molecule is C=CCn1c(SCC(=O)Nc2scc(-c3ccccc3)c2C(=O)OCC)nc2scc(-c3ccccc3)c2c1=O. The number of hydrogen-bond acceptors (Lipinski definition) is 8. The molecule has 5 rings (SSSR count). The third-order valence-electron chi connectivity index (χ3n) is 6.00. The fraction of sp³-hybridized carbons (Fsp3) is 0.133. The Morgan fingerprint density at radius 1 is 1.02 bits per heavy atom. The van der Waals surface area contributed by atoms with Crippen LogP contribution in [0.25, 0.3) is 32.5 Å². The zero-order chi connectivity index (χ0) is 28.1. The Balaban J connectivity index is 1.41. The van der Waals surface area contributed by atoms with Gasteiger partial charge < -0.3 is 10.1 Å². The second-order valence-corrected chi connectivity index (χ2v) is 11.3. The molecule has 0 spiro atoms. The highest BCUT2D eigenvalue weighted by molar-refractivity contribution is 7.99. The predicted molar refractivity (Wildman–Crippen MR) is 165 cm³/mol. The van der Waals surface area contributed by atoms with E-state index in [4.69, 9.17) is 9.72 Å². The van der Waals surface area contributed by atoms with E-state index in [0.29, 0.717) is 31.5 Å². The monoisotopic (exact) mass is 587 g/mol. The number of allylic oxidation sites excluding steroid dienone is 1. The molecule has 40 heavy (non-hydrogen) atoms. The molecule has 1 amide bonds. The summed E-state index contributed by atoms with van der Waals surface area (Å²) < 4.78 is 6.82. The van der Waals surface area contributed by atoms with Gasteiger partial charge in [0.05, 0.1) is 17.7 Å². The molecule has 0 atom stereocenters. The average Bonchev–Trinajstić information content (AvgIpc) is 3.59. The normalized spacial score (nSPS) is 10.9. The lowest BCUT2D eigenvalue weighted by atomic mass is 10.0. The van der Waals surface area contributed by atoms with Crippen molar-refractivity contribution in [3.05, 3.63) is 100.0 Å². The molecule has 2 aromatic carbocycles. The van der Waals surface area contributed by atoms with Gasteiger partial charge in [0.2, 0.25) is 5.91 Å². The maximum atomic E-state index is 13.6. The fourth-order valence-electron chi connectivity index (χ4n) is 4.21. The second-order valence-electron chi connectivity index (χ2n) is 8.57. The van der Waals surface area contributed by atoms with E-state index in [1.165, 1.54) is 27.2 Å². The van der Waals surface area contributed by atoms with Gasteiger partial charge in [-0.15, -0.1) is 29.3 Å². The lowest BCUT2D eigenvalue weighted by Crippen LogP contribution is -2.23. The van der Waals surface area contributed by atoms with E-state index >= 15 is 0 Å². The molecule has 0 fully saturated rings. The lowest BCUT2D eigenvalue weighted by molar-refractivity contribution is -0.113. The van der Waals surface area contributed by atoms with Crippen LogP contribution in [0.15, 0.2) is 94.0 Å². The Morgan fingerprint density at radius 3 is 2.33 bits per heavy atom. The van der Waals surface area contributed by atoms with Crippen LogP contribution in [0.3, 0.4) is 0 Å². The fourth-order valence-corrected chi connectivity index (χ4v) is 6.99. The Hall–Kier alpha value is -3.99. The van der Waals surface area contributed by atoms with Gasteiger partial charge in [0.1, 0.15) is 15.4 Å². The van der Waals surface area contributed by atoms with Crippen LogP contribution in [-0.4, -0.2) is 33.8 Å². The molecule has 5 aromatic rings. The van der Waals surface area contributed by atoms with E-state index in [-0.39, 0.29) is 30.4 Å². The molecule has 0 radical (unpaired) electrons. The molecule has 202 valence electrons. The van der Waals surface area contributed by atoms with Crippen molar-refractivity contribution in [1.29, 1.82) is 0 Å². The minimum atomic E-state index is -0.496. The number of ether oxygens (including phenoxy) is 1. The minimum Gasteiger partial charge on any atom is -0.462 e. The summed E-state index contributed by atoms with van der Waals surface area (Å²) in [5.74, 6) is -0.829. The minimum absolute atomic E-state index is 0.00710. The third-order valence-corrected chi connectivity index (χ3v) is 8.74. The van der Waals surface area contributed by atoms with Gasteiger partial charge in [-0.1, -0.05) is 78.5 Å². The summed E-state index contributed by atoms with van der Waals surface area (Å²) in [6, 6.07) is 19.2. The van der Waals surface area contributed by atoms with Gasteiger partial charge in [0, 0.05) is 28.4 Å². The number of benzene rings is 2. The zero-order valence-corrected chi connectivity index (χ0v) is 24.0. The molecule has 0 aliphatic carbocycles. The first-order valence-corrected chi connectivity index (χ1v) is 15.2. The molecule has 1 N–H and O–H groups in total. The van der Waals surface area contributed by atoms with E-state index in [2.05, 4.69) is 11.9 Å². The van der Waals surface area contributed by atoms with Crippen molar-refractivity contribution >= 4 is 61.5 Å². The van der Waals surface area contributed by atoms with Gasteiger partial charge in [-0.2, -0.15) is 0 Å². The molecule has 3 heterocycles. The summed E-state index contributed by atoms with van der Waals surface area (Å²) >= 11 is 3.83. The van der Waals surface area contributed by atoms with Crippen LogP contribution in [0, 0.1) is 0 Å². The number of thioether (sulfide) groups is 1. The molecule has 0 unspecified atom stereocenters. The highest BCUT2D eigenvalue weighted by Gasteiger charge is 2.23. The number of anilines is 1. The number of fused-ring (bicyclic) bond motifs is 1. The summed E-state index contributed by atoms with van der Waals surface area (Å²) in [5, 5.41) is 8.03. The largest absolute Gasteiger partial charge is 0.462 e. The van der Waals surface area contributed by atoms with Crippen molar-refractivity contribution in [1.82, 2.24) is 9.55 Å². The molecule has 0 aliphatic heterocycles. The Kier molecular flexibility index (Phi) is 8.59. The van der Waals surface area contributed by atoms with Gasteiger partial charge in [0.25, 0.3) is 5.56 Å². The standard InChI is InChI=1S/C30H25N3O4S3/c1-3-15-33-28(35)24-21(19-11-7-5-8-12-19)16-38-26(24)32-30(33)40-18-23(34)31-27-25(29(36)37-4-2)22(17-39-27)20-13-9-6-10-14-20/h3,5-14,16-17H,1,4,15,18H2,2H3,(H,31,34). The number of carbonyl (C=O) groups is 2. The first kappa shape index (κ1) is 27.6. The lowest BCUT2D eigenvalue weighted by Gasteiger charge is -2.11. The van der Waals surface area contributed by atoms with Gasteiger partial charge in [-0.05, 0) is 18.1 Å². The van der Waals surface area contributed by atoms with Crippen LogP contribution >= 0.6 is 34.4 Å². The highest BCUT2D eigenvalue weighted by Crippen LogP contribution is 2.37. The maximum Gasteiger partial charge on any atom is 0.341 e. The number of rotatable bonds is 10. The second kappa shape index (κ2) is 12.5. The summed E-state index contributed by atoms with van der Waals surface area (Å²) in [6.45, 7) is 6.01. The number of thiophene rings is 2. The first-order valence-electron chi connectivity index (χ1n) is 12.5. The average molecular weight is 588 g/mol. The number of nitrogens with zero attached hydrogens (tertiary/aromatic N) is 2. The van der Waals surface area contributed by atoms with Gasteiger partial charge in [-0.25, -0.2) is 9.78 Å². The van der Waals surface area contributed by atoms with Crippen molar-refractivity contribution in [3.8, 4) is 22.3 Å². The molecule has 0 saturated carbocycles. The van der Waals surface area contributed by atoms with Crippen LogP contribution in [0.5, 0.6) is 0 Å². The van der Waals surface area contributed by atoms with E-state index in [1.54, 1.807) is 13.0 Å². The van der Waals surface area contributed by atoms with Crippen LogP contribution in [0.2, 0.25) is 0 Å². The molecular weight excluding hydrogens is 563 g/mol. The quantitative estimate of drug-likeness (QED) is 0.0823. The Morgan fingerprint density at radius 2 is 1.68 bits per heavy atom. The van der Waals surface area contributed by atoms with Crippen molar-refractivity contribution in [2.24, 2.45) is 0 Å². The molecule has 0 saturated heterocycles. The first-order chi connectivity index (χ1) is 19.5. The molecule has 7 nitrogen and oxygen atoms in total. The van der Waals surface area contributed by atoms with Gasteiger partial charge >= 0.3 is 5.97 Å². The van der Waals surface area contributed by atoms with Crippen LogP contribution in [0.1, 0.15) is 17.3 Å². The molecule has 0 aliphatic rings. The van der Waals surface area contributed by atoms with Crippen molar-refractivity contribution in [2.75, 3.05) is 17.7 Å². The Labute approximate surface area is 243 Å². The van der Waals surface area contributed by atoms with Crippen molar-refractivity contribution < 1.29 is 14.3 Å². The molecule has 10 heteroatoms. The number of nitrogens with one attached hydrogen (secondary N) is 1. The zero-order valence-electron chi connectivity index (χ0n) is 21.6. The van der Waals surface area contributed by atoms with Crippen LogP contribution in [-0.2, 0) is 16.1 Å². The van der Waals surface area contributed by atoms with Crippen molar-refractivity contribution in [3.63, 3.8) is 0 Å². The molecule has 3 aromatic heterocycles. The topological polar surface area (TPSA) is 90.3 Å². The summed E-state index contributed by atoms with van der Waals surface area (Å²) in [7, 11) is 0. The van der Waals surface area contributed by atoms with Crippen LogP contribution < -0.4 is 10.9 Å². The summed E-state index contributed by atoms with van der Waals surface area (Å²) in [6.07, 6.45) is 1.63. The number of carbonyl (C=O) groups excluding carboxylic acids is 2. The van der Waals surface area contributed by atoms with E-state index < -0.39 is 5.97 Å². The summed E-state index contributed by atoms with van der Waals surface area (Å²) in [4.78, 5) is 44.8. The molecular formula is C30H25N3O4S3. The summed E-state index contributed by atoms with van der Waals surface area (Å²) in [5.41, 5.74) is 3.48. The maximum absolute atomic E-state index is 13.6. The third kappa shape index (κ3) is 5.65. The van der Waals surface area contributed by atoms with E-state index in [9.17, 15) is 14.4 Å². The van der Waals surface area contributed by atoms with E-state index in [0.717, 1.165) is 28.5 Å². The number of hydrogen-bond donors (Lipinski definition) is 1. The predicted octanol–water partition coefficient (Wildman–Crippen LogP) is 6.95. The van der Waals surface area contributed by atoms with Gasteiger partial charge in [-0.3, -0.25) is 14.2 Å². The van der Waals surface area contributed by atoms with Gasteiger partial charge in [0.15, 0.2) is 5.16 Å². The highest BCUT2D eigenvalue weighted by atomic mass is 32.2.